The first kappa shape index (κ1) is 22.3. The molecular weight excluding hydrogens is 402 g/mol. The van der Waals surface area contributed by atoms with Crippen LogP contribution in [0.3, 0.4) is 0 Å². The highest BCUT2D eigenvalue weighted by Gasteiger charge is 2.23. The van der Waals surface area contributed by atoms with Crippen LogP contribution in [0.1, 0.15) is 35.7 Å². The third-order valence-corrected chi connectivity index (χ3v) is 6.56. The third kappa shape index (κ3) is 4.21. The zero-order valence-corrected chi connectivity index (χ0v) is 19.8. The van der Waals surface area contributed by atoms with Crippen molar-refractivity contribution in [1.29, 1.82) is 0 Å². The van der Waals surface area contributed by atoms with E-state index in [0.717, 1.165) is 66.3 Å². The summed E-state index contributed by atoms with van der Waals surface area (Å²) in [4.78, 5) is 22.1. The number of piperazine rings is 1. The van der Waals surface area contributed by atoms with Crippen molar-refractivity contribution < 1.29 is 9.53 Å². The van der Waals surface area contributed by atoms with Gasteiger partial charge in [0, 0.05) is 43.5 Å². The molecule has 7 nitrogen and oxygen atoms in total. The van der Waals surface area contributed by atoms with Gasteiger partial charge in [0.15, 0.2) is 5.65 Å². The van der Waals surface area contributed by atoms with E-state index in [4.69, 9.17) is 14.8 Å². The number of hydrogen-bond donors (Lipinski definition) is 0. The highest BCUT2D eigenvalue weighted by atomic mass is 16.5. The number of fused-ring (bicyclic) bond motifs is 1. The Morgan fingerprint density at radius 2 is 1.75 bits per heavy atom. The molecule has 0 atom stereocenters. The number of carbonyl (C=O) groups excluding carboxylic acids is 1. The van der Waals surface area contributed by atoms with Crippen molar-refractivity contribution in [3.05, 3.63) is 46.6 Å². The number of likely N-dealkylation sites (N-methyl/N-ethyl adjacent to an activating group) is 1. The summed E-state index contributed by atoms with van der Waals surface area (Å²) >= 11 is 0. The predicted molar refractivity (Wildman–Crippen MR) is 127 cm³/mol. The molecule has 1 saturated heterocycles. The van der Waals surface area contributed by atoms with Crippen LogP contribution >= 0.6 is 0 Å². The van der Waals surface area contributed by atoms with Crippen molar-refractivity contribution in [3.8, 4) is 11.6 Å². The van der Waals surface area contributed by atoms with Gasteiger partial charge in [-0.1, -0.05) is 24.6 Å². The van der Waals surface area contributed by atoms with Gasteiger partial charge in [0.2, 0.25) is 11.8 Å². The summed E-state index contributed by atoms with van der Waals surface area (Å²) in [6, 6.07) is 8.25. The second-order valence-corrected chi connectivity index (χ2v) is 8.57. The third-order valence-electron chi connectivity index (χ3n) is 6.56. The zero-order valence-electron chi connectivity index (χ0n) is 19.8. The van der Waals surface area contributed by atoms with E-state index in [1.807, 2.05) is 16.5 Å². The number of benzene rings is 1. The highest BCUT2D eigenvalue weighted by Crippen LogP contribution is 2.32. The SMILES string of the molecule is CCN1CCN(C(=O)CCc2c(OC)nc3c(c(C)nn3-c3ccc(C)cc3)c2C)CC1. The molecular formula is C25H33N5O2. The minimum atomic E-state index is 0.203. The Bertz CT molecular complexity index is 1110. The summed E-state index contributed by atoms with van der Waals surface area (Å²) in [6.45, 7) is 12.9. The number of nitrogens with zero attached hydrogens (tertiary/aromatic N) is 5. The molecule has 0 unspecified atom stereocenters. The van der Waals surface area contributed by atoms with Crippen LogP contribution in [-0.4, -0.2) is 70.3 Å². The molecule has 0 N–H and O–H groups in total. The lowest BCUT2D eigenvalue weighted by Gasteiger charge is -2.34. The summed E-state index contributed by atoms with van der Waals surface area (Å²) in [6.07, 6.45) is 1.07. The topological polar surface area (TPSA) is 63.5 Å². The van der Waals surface area contributed by atoms with Crippen molar-refractivity contribution in [2.24, 2.45) is 0 Å². The van der Waals surface area contributed by atoms with Crippen LogP contribution in [0.15, 0.2) is 24.3 Å². The Labute approximate surface area is 190 Å². The minimum Gasteiger partial charge on any atom is -0.481 e. The van der Waals surface area contributed by atoms with Crippen molar-refractivity contribution in [2.75, 3.05) is 39.8 Å². The molecule has 0 spiro atoms. The number of carbonyl (C=O) groups is 1. The van der Waals surface area contributed by atoms with Gasteiger partial charge in [-0.3, -0.25) is 4.79 Å². The standard InChI is InChI=1S/C25H33N5O2/c1-6-28-13-15-29(16-14-28)22(31)12-11-21-18(3)23-19(4)27-30(24(23)26-25(21)32-5)20-9-7-17(2)8-10-20/h7-10H,6,11-16H2,1-5H3. The lowest BCUT2D eigenvalue weighted by atomic mass is 10.0. The fraction of sp³-hybridized carbons (Fsp3) is 0.480. The van der Waals surface area contributed by atoms with Gasteiger partial charge in [-0.25, -0.2) is 4.68 Å². The number of ether oxygens (including phenoxy) is 1. The number of rotatable bonds is 6. The fourth-order valence-corrected chi connectivity index (χ4v) is 4.57. The lowest BCUT2D eigenvalue weighted by Crippen LogP contribution is -2.48. The zero-order chi connectivity index (χ0) is 22.8. The van der Waals surface area contributed by atoms with Crippen LogP contribution in [0.25, 0.3) is 16.7 Å². The molecule has 3 aromatic rings. The Hall–Kier alpha value is -2.93. The maximum Gasteiger partial charge on any atom is 0.222 e. The fourth-order valence-electron chi connectivity index (χ4n) is 4.57. The van der Waals surface area contributed by atoms with E-state index >= 15 is 0 Å². The Morgan fingerprint density at radius 1 is 1.06 bits per heavy atom. The number of aromatic nitrogens is 3. The molecule has 0 bridgehead atoms. The van der Waals surface area contributed by atoms with Crippen molar-refractivity contribution in [1.82, 2.24) is 24.6 Å². The van der Waals surface area contributed by atoms with Gasteiger partial charge in [0.1, 0.15) is 0 Å². The summed E-state index contributed by atoms with van der Waals surface area (Å²) in [5.74, 6) is 0.779. The van der Waals surface area contributed by atoms with E-state index in [0.29, 0.717) is 18.7 Å². The van der Waals surface area contributed by atoms with Crippen molar-refractivity contribution in [3.63, 3.8) is 0 Å². The summed E-state index contributed by atoms with van der Waals surface area (Å²) in [7, 11) is 1.64. The molecule has 2 aromatic heterocycles. The number of hydrogen-bond acceptors (Lipinski definition) is 5. The molecule has 32 heavy (non-hydrogen) atoms. The van der Waals surface area contributed by atoms with E-state index in [2.05, 4.69) is 49.9 Å². The van der Waals surface area contributed by atoms with E-state index in [1.54, 1.807) is 7.11 Å². The van der Waals surface area contributed by atoms with E-state index in [1.165, 1.54) is 5.56 Å². The maximum absolute atomic E-state index is 12.9. The van der Waals surface area contributed by atoms with Gasteiger partial charge < -0.3 is 14.5 Å². The predicted octanol–water partition coefficient (Wildman–Crippen LogP) is 3.45. The first-order valence-electron chi connectivity index (χ1n) is 11.4. The van der Waals surface area contributed by atoms with Gasteiger partial charge >= 0.3 is 0 Å². The van der Waals surface area contributed by atoms with Crippen molar-refractivity contribution >= 4 is 16.9 Å². The van der Waals surface area contributed by atoms with Gasteiger partial charge in [0.05, 0.1) is 18.5 Å². The van der Waals surface area contributed by atoms with Crippen LogP contribution in [0.5, 0.6) is 5.88 Å². The van der Waals surface area contributed by atoms with Gasteiger partial charge in [-0.2, -0.15) is 10.1 Å². The van der Waals surface area contributed by atoms with Crippen LogP contribution in [-0.2, 0) is 11.2 Å². The first-order chi connectivity index (χ1) is 15.4. The van der Waals surface area contributed by atoms with Crippen LogP contribution in [0.4, 0.5) is 0 Å². The summed E-state index contributed by atoms with van der Waals surface area (Å²) in [5, 5.41) is 5.80. The molecule has 1 aliphatic rings. The average molecular weight is 436 g/mol. The summed E-state index contributed by atoms with van der Waals surface area (Å²) in [5.41, 5.74) is 5.96. The van der Waals surface area contributed by atoms with Crippen LogP contribution in [0, 0.1) is 20.8 Å². The lowest BCUT2D eigenvalue weighted by molar-refractivity contribution is -0.132. The van der Waals surface area contributed by atoms with Crippen LogP contribution < -0.4 is 4.74 Å². The van der Waals surface area contributed by atoms with Crippen LogP contribution in [0.2, 0.25) is 0 Å². The molecule has 1 aromatic carbocycles. The highest BCUT2D eigenvalue weighted by molar-refractivity contribution is 5.86. The molecule has 0 radical (unpaired) electrons. The van der Waals surface area contributed by atoms with E-state index < -0.39 is 0 Å². The maximum atomic E-state index is 12.9. The molecule has 4 rings (SSSR count). The normalized spacial score (nSPS) is 14.8. The average Bonchev–Trinajstić information content (AvgIpc) is 3.14. The molecule has 0 saturated carbocycles. The van der Waals surface area contributed by atoms with E-state index in [9.17, 15) is 4.79 Å². The molecule has 170 valence electrons. The number of amides is 1. The molecule has 0 aliphatic carbocycles. The number of pyridine rings is 1. The molecule has 3 heterocycles. The Morgan fingerprint density at radius 3 is 2.38 bits per heavy atom. The minimum absolute atomic E-state index is 0.203. The first-order valence-corrected chi connectivity index (χ1v) is 11.4. The largest absolute Gasteiger partial charge is 0.481 e. The quantitative estimate of drug-likeness (QED) is 0.593. The van der Waals surface area contributed by atoms with Gasteiger partial charge in [-0.15, -0.1) is 0 Å². The monoisotopic (exact) mass is 435 g/mol. The summed E-state index contributed by atoms with van der Waals surface area (Å²) < 4.78 is 7.55. The molecule has 7 heteroatoms. The molecule has 1 amide bonds. The molecule has 1 fully saturated rings. The van der Waals surface area contributed by atoms with Gasteiger partial charge in [-0.05, 0) is 51.4 Å². The second-order valence-electron chi connectivity index (χ2n) is 8.57. The number of methoxy groups -OCH3 is 1. The van der Waals surface area contributed by atoms with E-state index in [-0.39, 0.29) is 5.91 Å². The second kappa shape index (κ2) is 9.28. The Kier molecular flexibility index (Phi) is 6.46. The molecule has 1 aliphatic heterocycles. The van der Waals surface area contributed by atoms with Gasteiger partial charge in [0.25, 0.3) is 0 Å². The number of aryl methyl sites for hydroxylation is 3. The Balaban J connectivity index is 1.61. The van der Waals surface area contributed by atoms with Crippen molar-refractivity contribution in [2.45, 2.75) is 40.5 Å². The smallest absolute Gasteiger partial charge is 0.222 e.